The lowest BCUT2D eigenvalue weighted by molar-refractivity contribution is 0.578. The molecular weight excluding hydrogens is 380 g/mol. The van der Waals surface area contributed by atoms with Gasteiger partial charge in [0, 0.05) is 26.2 Å². The zero-order valence-electron chi connectivity index (χ0n) is 19.5. The van der Waals surface area contributed by atoms with Crippen molar-refractivity contribution >= 4 is 22.7 Å². The van der Waals surface area contributed by atoms with Gasteiger partial charge in [0.25, 0.3) is 0 Å². The van der Waals surface area contributed by atoms with E-state index in [1.165, 1.54) is 47.2 Å². The second kappa shape index (κ2) is 8.14. The van der Waals surface area contributed by atoms with Crippen molar-refractivity contribution in [2.45, 2.75) is 47.0 Å². The van der Waals surface area contributed by atoms with Gasteiger partial charge in [-0.2, -0.15) is 0 Å². The van der Waals surface area contributed by atoms with Crippen molar-refractivity contribution in [1.29, 1.82) is 0 Å². The van der Waals surface area contributed by atoms with Gasteiger partial charge in [0.15, 0.2) is 11.6 Å². The molecule has 3 aliphatic heterocycles. The van der Waals surface area contributed by atoms with Crippen molar-refractivity contribution in [3.8, 4) is 0 Å². The van der Waals surface area contributed by atoms with Gasteiger partial charge in [0.05, 0.1) is 22.7 Å². The highest BCUT2D eigenvalue weighted by Crippen LogP contribution is 2.50. The number of anilines is 4. The lowest BCUT2D eigenvalue weighted by atomic mass is 10.1. The summed E-state index contributed by atoms with van der Waals surface area (Å²) in [6.07, 6.45) is 3.54. The van der Waals surface area contributed by atoms with E-state index in [4.69, 9.17) is 0 Å². The second-order valence-electron chi connectivity index (χ2n) is 9.95. The van der Waals surface area contributed by atoms with Crippen LogP contribution >= 0.6 is 0 Å². The maximum atomic E-state index is 2.61. The Kier molecular flexibility index (Phi) is 5.33. The van der Waals surface area contributed by atoms with Gasteiger partial charge in [-0.25, -0.2) is 0 Å². The average Bonchev–Trinajstić information content (AvgIpc) is 3.15. The number of hydrogen-bond donors (Lipinski definition) is 0. The maximum Gasteiger partial charge on any atom is 0.156 e. The van der Waals surface area contributed by atoms with Gasteiger partial charge < -0.3 is 19.6 Å². The van der Waals surface area contributed by atoms with Gasteiger partial charge in [0.2, 0.25) is 0 Å². The van der Waals surface area contributed by atoms with Crippen LogP contribution < -0.4 is 19.6 Å². The highest BCUT2D eigenvalue weighted by molar-refractivity contribution is 5.89. The first-order chi connectivity index (χ1) is 15.1. The molecule has 0 saturated heterocycles. The van der Waals surface area contributed by atoms with E-state index in [1.54, 1.807) is 0 Å². The Morgan fingerprint density at radius 1 is 0.613 bits per heavy atom. The summed E-state index contributed by atoms with van der Waals surface area (Å²) in [6.45, 7) is 13.6. The lowest BCUT2D eigenvalue weighted by Crippen LogP contribution is -2.38. The Morgan fingerprint density at radius 3 is 1.39 bits per heavy atom. The topological polar surface area (TPSA) is 13.0 Å². The number of benzene rings is 2. The van der Waals surface area contributed by atoms with Crippen molar-refractivity contribution < 1.29 is 0 Å². The zero-order chi connectivity index (χ0) is 21.5. The summed E-state index contributed by atoms with van der Waals surface area (Å²) in [7, 11) is 0. The van der Waals surface area contributed by atoms with Gasteiger partial charge in [-0.15, -0.1) is 0 Å². The van der Waals surface area contributed by atoms with E-state index >= 15 is 0 Å². The smallest absolute Gasteiger partial charge is 0.156 e. The van der Waals surface area contributed by atoms with Crippen molar-refractivity contribution in [3.63, 3.8) is 0 Å². The fraction of sp³-hybridized carbons (Fsp3) is 0.481. The number of nitrogens with zero attached hydrogens (tertiary/aromatic N) is 4. The van der Waals surface area contributed by atoms with E-state index in [9.17, 15) is 0 Å². The molecule has 3 aliphatic rings. The number of para-hydroxylation sites is 4. The molecule has 0 atom stereocenters. The minimum Gasteiger partial charge on any atom is -0.323 e. The summed E-state index contributed by atoms with van der Waals surface area (Å²) in [4.78, 5) is 10.4. The SMILES string of the molecule is CC(C)CCN1C2=C3N(CCCN2c2ccccc21)c1ccccc1N3CCC(C)C. The van der Waals surface area contributed by atoms with Crippen LogP contribution in [-0.4, -0.2) is 26.2 Å². The van der Waals surface area contributed by atoms with Gasteiger partial charge in [0.1, 0.15) is 0 Å². The molecule has 0 N–H and O–H groups in total. The first-order valence-electron chi connectivity index (χ1n) is 12.1. The van der Waals surface area contributed by atoms with E-state index in [0.717, 1.165) is 32.6 Å². The molecule has 4 nitrogen and oxygen atoms in total. The molecule has 0 saturated carbocycles. The highest BCUT2D eigenvalue weighted by Gasteiger charge is 2.42. The van der Waals surface area contributed by atoms with Crippen LogP contribution in [0.3, 0.4) is 0 Å². The molecule has 3 heterocycles. The standard InChI is InChI=1S/C27H36N4/c1-20(2)14-18-30-24-12-7-5-10-22(24)28-16-9-17-29-23-11-6-8-13-25(23)31(19-15-21(3)4)27(29)26(28)30/h5-8,10-13,20-21H,9,14-19H2,1-4H3. The third kappa shape index (κ3) is 3.46. The Balaban J connectivity index is 1.67. The Hall–Kier alpha value is -2.62. The average molecular weight is 417 g/mol. The molecule has 0 amide bonds. The maximum absolute atomic E-state index is 2.61. The molecule has 4 heteroatoms. The van der Waals surface area contributed by atoms with E-state index < -0.39 is 0 Å². The van der Waals surface area contributed by atoms with Crippen molar-refractivity contribution in [2.75, 3.05) is 45.8 Å². The van der Waals surface area contributed by atoms with Gasteiger partial charge in [-0.05, 0) is 55.4 Å². The second-order valence-corrected chi connectivity index (χ2v) is 9.95. The quantitative estimate of drug-likeness (QED) is 0.551. The normalized spacial score (nSPS) is 17.4. The number of hydrogen-bond acceptors (Lipinski definition) is 4. The van der Waals surface area contributed by atoms with Crippen molar-refractivity contribution in [3.05, 3.63) is 60.2 Å². The van der Waals surface area contributed by atoms with E-state index in [1.807, 2.05) is 0 Å². The predicted octanol–water partition coefficient (Wildman–Crippen LogP) is 6.26. The molecule has 0 bridgehead atoms. The molecule has 0 fully saturated rings. The summed E-state index contributed by atoms with van der Waals surface area (Å²) >= 11 is 0. The molecule has 0 aromatic heterocycles. The van der Waals surface area contributed by atoms with Gasteiger partial charge >= 0.3 is 0 Å². The zero-order valence-corrected chi connectivity index (χ0v) is 19.5. The van der Waals surface area contributed by atoms with Crippen LogP contribution in [0.25, 0.3) is 0 Å². The fourth-order valence-electron chi connectivity index (χ4n) is 5.14. The van der Waals surface area contributed by atoms with Crippen LogP contribution in [0.1, 0.15) is 47.0 Å². The third-order valence-corrected chi connectivity index (χ3v) is 6.77. The Bertz CT molecular complexity index is 899. The molecule has 2 aromatic carbocycles. The van der Waals surface area contributed by atoms with Crippen molar-refractivity contribution in [2.24, 2.45) is 11.8 Å². The molecule has 5 rings (SSSR count). The van der Waals surface area contributed by atoms with Crippen LogP contribution in [0.2, 0.25) is 0 Å². The van der Waals surface area contributed by atoms with Crippen LogP contribution in [-0.2, 0) is 0 Å². The van der Waals surface area contributed by atoms with Crippen LogP contribution in [0, 0.1) is 11.8 Å². The summed E-state index contributed by atoms with van der Waals surface area (Å²) in [5.41, 5.74) is 5.48. The van der Waals surface area contributed by atoms with E-state index in [-0.39, 0.29) is 0 Å². The van der Waals surface area contributed by atoms with E-state index in [2.05, 4.69) is 95.8 Å². The van der Waals surface area contributed by atoms with Crippen LogP contribution in [0.15, 0.2) is 60.2 Å². The monoisotopic (exact) mass is 416 g/mol. The van der Waals surface area contributed by atoms with Gasteiger partial charge in [-0.1, -0.05) is 52.0 Å². The lowest BCUT2D eigenvalue weighted by Gasteiger charge is -2.32. The molecule has 0 unspecified atom stereocenters. The molecule has 164 valence electrons. The molecule has 31 heavy (non-hydrogen) atoms. The van der Waals surface area contributed by atoms with Crippen molar-refractivity contribution in [1.82, 2.24) is 0 Å². The predicted molar refractivity (Wildman–Crippen MR) is 133 cm³/mol. The fourth-order valence-corrected chi connectivity index (χ4v) is 5.14. The minimum atomic E-state index is 0.687. The molecule has 0 aliphatic carbocycles. The first kappa shape index (κ1) is 20.3. The number of rotatable bonds is 6. The van der Waals surface area contributed by atoms with Gasteiger partial charge in [-0.3, -0.25) is 0 Å². The first-order valence-corrected chi connectivity index (χ1v) is 12.1. The largest absolute Gasteiger partial charge is 0.323 e. The summed E-state index contributed by atoms with van der Waals surface area (Å²) in [5.74, 6) is 4.15. The summed E-state index contributed by atoms with van der Waals surface area (Å²) in [5, 5.41) is 0. The molecule has 0 radical (unpaired) electrons. The summed E-state index contributed by atoms with van der Waals surface area (Å²) < 4.78 is 0. The Labute approximate surface area is 187 Å². The van der Waals surface area contributed by atoms with Crippen LogP contribution in [0.5, 0.6) is 0 Å². The van der Waals surface area contributed by atoms with E-state index in [0.29, 0.717) is 11.8 Å². The highest BCUT2D eigenvalue weighted by atomic mass is 15.5. The number of fused-ring (bicyclic) bond motifs is 6. The van der Waals surface area contributed by atoms with Crippen LogP contribution in [0.4, 0.5) is 22.7 Å². The minimum absolute atomic E-state index is 0.687. The molecular formula is C27H36N4. The molecule has 2 aromatic rings. The Morgan fingerprint density at radius 2 is 1.00 bits per heavy atom. The molecule has 0 spiro atoms. The summed E-state index contributed by atoms with van der Waals surface area (Å²) in [6, 6.07) is 18.0. The third-order valence-electron chi connectivity index (χ3n) is 6.77.